The van der Waals surface area contributed by atoms with Crippen molar-refractivity contribution in [3.05, 3.63) is 52.6 Å². The van der Waals surface area contributed by atoms with E-state index in [1.54, 1.807) is 18.2 Å². The van der Waals surface area contributed by atoms with Gasteiger partial charge in [-0.05, 0) is 63.9 Å². The fourth-order valence-corrected chi connectivity index (χ4v) is 2.93. The van der Waals surface area contributed by atoms with Crippen molar-refractivity contribution in [3.8, 4) is 17.2 Å². The largest absolute Gasteiger partial charge is 0.493 e. The molecule has 29 heavy (non-hydrogen) atoms. The number of hydrogen-bond acceptors (Lipinski definition) is 5. The van der Waals surface area contributed by atoms with Crippen molar-refractivity contribution in [3.63, 3.8) is 0 Å². The van der Waals surface area contributed by atoms with Crippen LogP contribution >= 0.6 is 0 Å². The predicted molar refractivity (Wildman–Crippen MR) is 111 cm³/mol. The van der Waals surface area contributed by atoms with Gasteiger partial charge in [0.05, 0.1) is 13.2 Å². The predicted octanol–water partition coefficient (Wildman–Crippen LogP) is 3.25. The summed E-state index contributed by atoms with van der Waals surface area (Å²) in [6.45, 7) is 9.44. The summed E-state index contributed by atoms with van der Waals surface area (Å²) in [5.74, 6) is 0.703. The fourth-order valence-electron chi connectivity index (χ4n) is 2.93. The van der Waals surface area contributed by atoms with Gasteiger partial charge in [0.15, 0.2) is 18.1 Å². The first-order valence-electron chi connectivity index (χ1n) is 9.35. The lowest BCUT2D eigenvalue weighted by atomic mass is 10.1. The highest BCUT2D eigenvalue weighted by Crippen LogP contribution is 2.29. The van der Waals surface area contributed by atoms with Crippen molar-refractivity contribution < 1.29 is 23.8 Å². The molecule has 0 spiro atoms. The van der Waals surface area contributed by atoms with Crippen molar-refractivity contribution in [1.29, 1.82) is 0 Å². The fraction of sp³-hybridized carbons (Fsp3) is 0.364. The van der Waals surface area contributed by atoms with Gasteiger partial charge in [0.2, 0.25) is 0 Å². The molecule has 2 amide bonds. The van der Waals surface area contributed by atoms with Crippen LogP contribution in [0.15, 0.2) is 30.3 Å². The molecule has 0 saturated carbocycles. The van der Waals surface area contributed by atoms with Crippen molar-refractivity contribution in [2.24, 2.45) is 0 Å². The van der Waals surface area contributed by atoms with Crippen LogP contribution < -0.4 is 25.1 Å². The molecule has 0 aliphatic rings. The second-order valence-electron chi connectivity index (χ2n) is 7.05. The lowest BCUT2D eigenvalue weighted by Gasteiger charge is -2.15. The molecule has 7 nitrogen and oxygen atoms in total. The van der Waals surface area contributed by atoms with Gasteiger partial charge in [0.25, 0.3) is 11.8 Å². The Labute approximate surface area is 171 Å². The second kappa shape index (κ2) is 9.82. The minimum Gasteiger partial charge on any atom is -0.493 e. The first kappa shape index (κ1) is 22.1. The third-order valence-corrected chi connectivity index (χ3v) is 4.06. The van der Waals surface area contributed by atoms with Crippen LogP contribution in [0.5, 0.6) is 17.2 Å². The van der Waals surface area contributed by atoms with Gasteiger partial charge in [-0.1, -0.05) is 17.7 Å². The van der Waals surface area contributed by atoms with Gasteiger partial charge in [0, 0.05) is 5.56 Å². The number of hydrazine groups is 1. The van der Waals surface area contributed by atoms with E-state index >= 15 is 0 Å². The standard InChI is InChI=1S/C22H28N2O5/c1-13(2)29-18-8-7-17(11-19(18)27-6)22(26)24-23-20(25)12-28-21-15(4)9-14(3)10-16(21)5/h7-11,13H,12H2,1-6H3,(H,23,25)(H,24,26). The molecule has 2 aromatic rings. The number of carbonyl (C=O) groups is 2. The maximum atomic E-state index is 12.3. The summed E-state index contributed by atoms with van der Waals surface area (Å²) < 4.78 is 16.5. The van der Waals surface area contributed by atoms with E-state index in [9.17, 15) is 9.59 Å². The maximum Gasteiger partial charge on any atom is 0.276 e. The van der Waals surface area contributed by atoms with E-state index in [0.29, 0.717) is 22.8 Å². The third kappa shape index (κ3) is 6.14. The molecule has 0 atom stereocenters. The number of ether oxygens (including phenoxy) is 3. The SMILES string of the molecule is COc1cc(C(=O)NNC(=O)COc2c(C)cc(C)cc2C)ccc1OC(C)C. The molecule has 0 aromatic heterocycles. The molecule has 7 heteroatoms. The van der Waals surface area contributed by atoms with Crippen LogP contribution in [-0.2, 0) is 4.79 Å². The highest BCUT2D eigenvalue weighted by atomic mass is 16.5. The van der Waals surface area contributed by atoms with Crippen molar-refractivity contribution in [2.45, 2.75) is 40.7 Å². The van der Waals surface area contributed by atoms with Crippen LogP contribution in [0, 0.1) is 20.8 Å². The minimum absolute atomic E-state index is 0.0244. The van der Waals surface area contributed by atoms with E-state index in [1.165, 1.54) is 7.11 Å². The molecule has 0 unspecified atom stereocenters. The molecule has 2 aromatic carbocycles. The summed E-state index contributed by atoms with van der Waals surface area (Å²) in [5, 5.41) is 0. The molecule has 156 valence electrons. The van der Waals surface area contributed by atoms with E-state index in [2.05, 4.69) is 10.9 Å². The number of benzene rings is 2. The van der Waals surface area contributed by atoms with Gasteiger partial charge in [-0.3, -0.25) is 20.4 Å². The molecule has 0 saturated heterocycles. The Bertz CT molecular complexity index is 870. The highest BCUT2D eigenvalue weighted by molar-refractivity contribution is 5.96. The Balaban J connectivity index is 1.92. The molecule has 0 aliphatic heterocycles. The monoisotopic (exact) mass is 400 g/mol. The summed E-state index contributed by atoms with van der Waals surface area (Å²) in [6.07, 6.45) is -0.0244. The summed E-state index contributed by atoms with van der Waals surface area (Å²) in [6, 6.07) is 8.78. The molecule has 0 aliphatic carbocycles. The summed E-state index contributed by atoms with van der Waals surface area (Å²) in [4.78, 5) is 24.4. The number of hydrogen-bond donors (Lipinski definition) is 2. The Morgan fingerprint density at radius 1 is 0.966 bits per heavy atom. The summed E-state index contributed by atoms with van der Waals surface area (Å²) in [7, 11) is 1.50. The van der Waals surface area contributed by atoms with Crippen LogP contribution in [0.25, 0.3) is 0 Å². The van der Waals surface area contributed by atoms with Crippen molar-refractivity contribution in [2.75, 3.05) is 13.7 Å². The van der Waals surface area contributed by atoms with Crippen LogP contribution in [0.4, 0.5) is 0 Å². The zero-order valence-corrected chi connectivity index (χ0v) is 17.7. The van der Waals surface area contributed by atoms with Crippen LogP contribution in [0.2, 0.25) is 0 Å². The normalized spacial score (nSPS) is 10.4. The molecular formula is C22H28N2O5. The Kier molecular flexibility index (Phi) is 7.47. The molecule has 0 heterocycles. The van der Waals surface area contributed by atoms with Crippen LogP contribution in [0.3, 0.4) is 0 Å². The van der Waals surface area contributed by atoms with Gasteiger partial charge in [-0.25, -0.2) is 0 Å². The smallest absolute Gasteiger partial charge is 0.276 e. The number of methoxy groups -OCH3 is 1. The molecule has 0 fully saturated rings. The molecule has 0 radical (unpaired) electrons. The van der Waals surface area contributed by atoms with Crippen molar-refractivity contribution >= 4 is 11.8 Å². The zero-order chi connectivity index (χ0) is 21.6. The Hall–Kier alpha value is -3.22. The zero-order valence-electron chi connectivity index (χ0n) is 17.7. The Morgan fingerprint density at radius 3 is 2.21 bits per heavy atom. The molecule has 2 N–H and O–H groups in total. The van der Waals surface area contributed by atoms with E-state index in [0.717, 1.165) is 16.7 Å². The first-order chi connectivity index (χ1) is 13.7. The van der Waals surface area contributed by atoms with E-state index in [1.807, 2.05) is 46.8 Å². The maximum absolute atomic E-state index is 12.3. The Morgan fingerprint density at radius 2 is 1.62 bits per heavy atom. The molecule has 0 bridgehead atoms. The van der Waals surface area contributed by atoms with Gasteiger partial charge < -0.3 is 14.2 Å². The van der Waals surface area contributed by atoms with Crippen LogP contribution in [0.1, 0.15) is 40.9 Å². The summed E-state index contributed by atoms with van der Waals surface area (Å²) >= 11 is 0. The topological polar surface area (TPSA) is 85.9 Å². The second-order valence-corrected chi connectivity index (χ2v) is 7.05. The lowest BCUT2D eigenvalue weighted by Crippen LogP contribution is -2.43. The van der Waals surface area contributed by atoms with Crippen LogP contribution in [-0.4, -0.2) is 31.6 Å². The average molecular weight is 400 g/mol. The third-order valence-electron chi connectivity index (χ3n) is 4.06. The van der Waals surface area contributed by atoms with Gasteiger partial charge >= 0.3 is 0 Å². The number of nitrogens with one attached hydrogen (secondary N) is 2. The highest BCUT2D eigenvalue weighted by Gasteiger charge is 2.14. The molecular weight excluding hydrogens is 372 g/mol. The quantitative estimate of drug-likeness (QED) is 0.697. The number of aryl methyl sites for hydroxylation is 3. The van der Waals surface area contributed by atoms with E-state index < -0.39 is 11.8 Å². The number of amides is 2. The lowest BCUT2D eigenvalue weighted by molar-refractivity contribution is -0.123. The van der Waals surface area contributed by atoms with Crippen molar-refractivity contribution in [1.82, 2.24) is 10.9 Å². The van der Waals surface area contributed by atoms with Gasteiger partial charge in [0.1, 0.15) is 5.75 Å². The van der Waals surface area contributed by atoms with Gasteiger partial charge in [-0.2, -0.15) is 0 Å². The van der Waals surface area contributed by atoms with Gasteiger partial charge in [-0.15, -0.1) is 0 Å². The average Bonchev–Trinajstić information content (AvgIpc) is 2.65. The first-order valence-corrected chi connectivity index (χ1v) is 9.35. The number of rotatable bonds is 7. The number of carbonyl (C=O) groups excluding carboxylic acids is 2. The molecule has 2 rings (SSSR count). The minimum atomic E-state index is -0.476. The van der Waals surface area contributed by atoms with E-state index in [-0.39, 0.29) is 12.7 Å². The summed E-state index contributed by atoms with van der Waals surface area (Å²) in [5.41, 5.74) is 8.08. The van der Waals surface area contributed by atoms with E-state index in [4.69, 9.17) is 14.2 Å².